The minimum absolute atomic E-state index is 0.0410. The highest BCUT2D eigenvalue weighted by atomic mass is 16.2. The van der Waals surface area contributed by atoms with Gasteiger partial charge in [0.2, 0.25) is 0 Å². The fourth-order valence-electron chi connectivity index (χ4n) is 4.10. The van der Waals surface area contributed by atoms with Crippen molar-refractivity contribution in [3.05, 3.63) is 82.9 Å². The molecule has 0 bridgehead atoms. The van der Waals surface area contributed by atoms with Crippen LogP contribution in [0, 0.1) is 0 Å². The lowest BCUT2D eigenvalue weighted by molar-refractivity contribution is 0.0791. The first-order valence-corrected chi connectivity index (χ1v) is 8.65. The van der Waals surface area contributed by atoms with Crippen molar-refractivity contribution < 1.29 is 9.59 Å². The summed E-state index contributed by atoms with van der Waals surface area (Å²) in [6.45, 7) is 0. The van der Waals surface area contributed by atoms with Crippen molar-refractivity contribution in [1.82, 2.24) is 0 Å². The quantitative estimate of drug-likeness (QED) is 0.596. The van der Waals surface area contributed by atoms with Crippen LogP contribution in [-0.4, -0.2) is 11.6 Å². The summed E-state index contributed by atoms with van der Waals surface area (Å²) in [5.41, 5.74) is 2.14. The Kier molecular flexibility index (Phi) is 3.68. The van der Waals surface area contributed by atoms with E-state index in [1.54, 1.807) is 12.1 Å². The maximum absolute atomic E-state index is 13.4. The van der Waals surface area contributed by atoms with E-state index in [1.165, 1.54) is 12.0 Å². The van der Waals surface area contributed by atoms with Crippen LogP contribution < -0.4 is 0 Å². The molecule has 2 heteroatoms. The van der Waals surface area contributed by atoms with E-state index < -0.39 is 5.41 Å². The van der Waals surface area contributed by atoms with Gasteiger partial charge in [-0.1, -0.05) is 66.2 Å². The second-order valence-electron chi connectivity index (χ2n) is 6.76. The van der Waals surface area contributed by atoms with Crippen molar-refractivity contribution in [2.75, 3.05) is 0 Å². The molecule has 0 fully saturated rings. The van der Waals surface area contributed by atoms with Crippen molar-refractivity contribution in [2.24, 2.45) is 0 Å². The van der Waals surface area contributed by atoms with E-state index in [4.69, 9.17) is 0 Å². The molecule has 2 aromatic rings. The number of ketones is 2. The van der Waals surface area contributed by atoms with Gasteiger partial charge in [-0.2, -0.15) is 0 Å². The van der Waals surface area contributed by atoms with Gasteiger partial charge in [0.15, 0.2) is 11.6 Å². The number of hydrogen-bond donors (Lipinski definition) is 0. The molecule has 0 unspecified atom stereocenters. The van der Waals surface area contributed by atoms with Gasteiger partial charge in [-0.3, -0.25) is 9.59 Å². The predicted molar refractivity (Wildman–Crippen MR) is 94.4 cm³/mol. The Labute approximate surface area is 142 Å². The molecule has 2 nitrogen and oxygen atoms in total. The van der Waals surface area contributed by atoms with Gasteiger partial charge in [-0.15, -0.1) is 0 Å². The van der Waals surface area contributed by atoms with Crippen LogP contribution >= 0.6 is 0 Å². The largest absolute Gasteiger partial charge is 0.293 e. The van der Waals surface area contributed by atoms with E-state index in [0.717, 1.165) is 24.8 Å². The monoisotopic (exact) mass is 316 g/mol. The highest BCUT2D eigenvalue weighted by Crippen LogP contribution is 2.45. The van der Waals surface area contributed by atoms with E-state index in [1.807, 2.05) is 42.5 Å². The van der Waals surface area contributed by atoms with E-state index in [-0.39, 0.29) is 11.6 Å². The third kappa shape index (κ3) is 2.17. The first-order valence-electron chi connectivity index (χ1n) is 8.65. The summed E-state index contributed by atoms with van der Waals surface area (Å²) in [5, 5.41) is 0. The molecular formula is C22H20O2. The van der Waals surface area contributed by atoms with Gasteiger partial charge in [0, 0.05) is 11.1 Å². The van der Waals surface area contributed by atoms with Crippen LogP contribution in [0.3, 0.4) is 0 Å². The molecule has 24 heavy (non-hydrogen) atoms. The molecule has 2 aromatic carbocycles. The third-order valence-corrected chi connectivity index (χ3v) is 5.34. The Morgan fingerprint density at radius 2 is 1.42 bits per heavy atom. The molecule has 0 saturated carbocycles. The molecule has 120 valence electrons. The van der Waals surface area contributed by atoms with Crippen molar-refractivity contribution in [1.29, 1.82) is 0 Å². The standard InChI is InChI=1S/C22H20O2/c23-20-18-13-7-8-14-19(18)21(24)22(20,17-11-5-2-6-12-17)15-16-9-3-1-4-10-16/h2,5-9,11-14H,1,3-4,10,15H2. The van der Waals surface area contributed by atoms with E-state index >= 15 is 0 Å². The zero-order valence-corrected chi connectivity index (χ0v) is 13.6. The van der Waals surface area contributed by atoms with Crippen LogP contribution in [0.4, 0.5) is 0 Å². The zero-order valence-electron chi connectivity index (χ0n) is 13.6. The van der Waals surface area contributed by atoms with Gasteiger partial charge in [-0.05, 0) is 37.7 Å². The molecule has 0 atom stereocenters. The van der Waals surface area contributed by atoms with Crippen LogP contribution in [0.5, 0.6) is 0 Å². The van der Waals surface area contributed by atoms with Gasteiger partial charge in [0.25, 0.3) is 0 Å². The van der Waals surface area contributed by atoms with Crippen molar-refractivity contribution in [3.63, 3.8) is 0 Å². The summed E-state index contributed by atoms with van der Waals surface area (Å²) >= 11 is 0. The zero-order chi connectivity index (χ0) is 16.6. The fourth-order valence-corrected chi connectivity index (χ4v) is 4.10. The van der Waals surface area contributed by atoms with Gasteiger partial charge >= 0.3 is 0 Å². The van der Waals surface area contributed by atoms with Gasteiger partial charge in [-0.25, -0.2) is 0 Å². The Hall–Kier alpha value is -2.48. The number of rotatable bonds is 3. The molecule has 0 spiro atoms. The molecule has 0 amide bonds. The summed E-state index contributed by atoms with van der Waals surface area (Å²) in [7, 11) is 0. The van der Waals surface area contributed by atoms with Crippen LogP contribution in [0.1, 0.15) is 58.4 Å². The Morgan fingerprint density at radius 3 is 2.00 bits per heavy atom. The maximum atomic E-state index is 13.4. The molecule has 0 N–H and O–H groups in total. The summed E-state index contributed by atoms with van der Waals surface area (Å²) in [6.07, 6.45) is 7.14. The average molecular weight is 316 g/mol. The summed E-state index contributed by atoms with van der Waals surface area (Å²) in [6, 6.07) is 16.8. The minimum atomic E-state index is -1.08. The van der Waals surface area contributed by atoms with Crippen molar-refractivity contribution >= 4 is 11.6 Å². The maximum Gasteiger partial charge on any atom is 0.182 e. The summed E-state index contributed by atoms with van der Waals surface area (Å²) < 4.78 is 0. The number of allylic oxidation sites excluding steroid dienone is 2. The highest BCUT2D eigenvalue weighted by Gasteiger charge is 2.53. The topological polar surface area (TPSA) is 34.1 Å². The lowest BCUT2D eigenvalue weighted by Gasteiger charge is -2.29. The Bertz CT molecular complexity index is 795. The smallest absolute Gasteiger partial charge is 0.182 e. The van der Waals surface area contributed by atoms with E-state index in [9.17, 15) is 9.59 Å². The minimum Gasteiger partial charge on any atom is -0.293 e. The lowest BCUT2D eigenvalue weighted by Crippen LogP contribution is -2.39. The molecule has 0 radical (unpaired) electrons. The molecule has 2 aliphatic rings. The summed E-state index contributed by atoms with van der Waals surface area (Å²) in [4.78, 5) is 26.7. The molecule has 0 aromatic heterocycles. The first kappa shape index (κ1) is 15.1. The molecule has 0 heterocycles. The lowest BCUT2D eigenvalue weighted by atomic mass is 9.70. The number of benzene rings is 2. The second kappa shape index (κ2) is 5.86. The van der Waals surface area contributed by atoms with E-state index in [0.29, 0.717) is 17.5 Å². The predicted octanol–water partition coefficient (Wildman–Crippen LogP) is 4.89. The van der Waals surface area contributed by atoms with Crippen molar-refractivity contribution in [2.45, 2.75) is 37.5 Å². The number of fused-ring (bicyclic) bond motifs is 1. The average Bonchev–Trinajstić information content (AvgIpc) is 2.86. The molecule has 0 aliphatic heterocycles. The second-order valence-corrected chi connectivity index (χ2v) is 6.76. The van der Waals surface area contributed by atoms with Crippen LogP contribution in [0.15, 0.2) is 66.2 Å². The number of carbonyl (C=O) groups is 2. The third-order valence-electron chi connectivity index (χ3n) is 5.34. The van der Waals surface area contributed by atoms with Gasteiger partial charge < -0.3 is 0 Å². The van der Waals surface area contributed by atoms with Crippen LogP contribution in [0.25, 0.3) is 0 Å². The molecular weight excluding hydrogens is 296 g/mol. The number of carbonyl (C=O) groups excluding carboxylic acids is 2. The molecule has 2 aliphatic carbocycles. The summed E-state index contributed by atoms with van der Waals surface area (Å²) in [5.74, 6) is -0.0819. The normalized spacial score (nSPS) is 19.1. The highest BCUT2D eigenvalue weighted by molar-refractivity contribution is 6.33. The van der Waals surface area contributed by atoms with Gasteiger partial charge in [0.05, 0.1) is 0 Å². The molecule has 4 rings (SSSR count). The van der Waals surface area contributed by atoms with Crippen LogP contribution in [0.2, 0.25) is 0 Å². The van der Waals surface area contributed by atoms with Crippen molar-refractivity contribution in [3.8, 4) is 0 Å². The molecule has 0 saturated heterocycles. The number of hydrogen-bond acceptors (Lipinski definition) is 2. The first-order chi connectivity index (χ1) is 11.7. The number of Topliss-reactive ketones (excluding diaryl/α,β-unsaturated/α-hetero) is 2. The van der Waals surface area contributed by atoms with Gasteiger partial charge in [0.1, 0.15) is 5.41 Å². The van der Waals surface area contributed by atoms with E-state index in [2.05, 4.69) is 6.08 Å². The fraction of sp³-hybridized carbons (Fsp3) is 0.273. The SMILES string of the molecule is O=C1c2ccccc2C(=O)C1(CC1=CCCCC1)c1ccccc1. The van der Waals surface area contributed by atoms with Crippen LogP contribution in [-0.2, 0) is 5.41 Å². The Balaban J connectivity index is 1.88. The Morgan fingerprint density at radius 1 is 0.792 bits per heavy atom.